The summed E-state index contributed by atoms with van der Waals surface area (Å²) in [5.74, 6) is -0.886. The van der Waals surface area contributed by atoms with Gasteiger partial charge in [0.25, 0.3) is 0 Å². The van der Waals surface area contributed by atoms with E-state index in [9.17, 15) is 14.4 Å². The van der Waals surface area contributed by atoms with Crippen LogP contribution in [0.3, 0.4) is 0 Å². The van der Waals surface area contributed by atoms with Crippen molar-refractivity contribution >= 4 is 17.9 Å². The summed E-state index contributed by atoms with van der Waals surface area (Å²) in [5.41, 5.74) is 0. The van der Waals surface area contributed by atoms with Crippen LogP contribution in [-0.2, 0) is 28.6 Å². The van der Waals surface area contributed by atoms with Crippen LogP contribution in [0.15, 0.2) is 24.3 Å². The average Bonchev–Trinajstić information content (AvgIpc) is 3.27. The lowest BCUT2D eigenvalue weighted by molar-refractivity contribution is -0.167. The Morgan fingerprint density at radius 2 is 0.581 bits per heavy atom. The third-order valence-electron chi connectivity index (χ3n) is 12.2. The van der Waals surface area contributed by atoms with Gasteiger partial charge >= 0.3 is 17.9 Å². The third kappa shape index (κ3) is 48.9. The van der Waals surface area contributed by atoms with Gasteiger partial charge in [-0.05, 0) is 38.5 Å². The minimum absolute atomic E-state index is 0.0744. The second kappa shape index (κ2) is 51.5. The second-order valence-electron chi connectivity index (χ2n) is 18.5. The molecule has 6 nitrogen and oxygen atoms in total. The first-order valence-electron chi connectivity index (χ1n) is 27.4. The van der Waals surface area contributed by atoms with Crippen LogP contribution in [0.25, 0.3) is 0 Å². The molecule has 0 heterocycles. The number of ether oxygens (including phenoxy) is 3. The molecule has 0 aromatic heterocycles. The maximum atomic E-state index is 12.8. The van der Waals surface area contributed by atoms with Gasteiger partial charge in [-0.25, -0.2) is 0 Å². The molecular formula is C56H104O6. The Balaban J connectivity index is 4.30. The van der Waals surface area contributed by atoms with Gasteiger partial charge in [-0.15, -0.1) is 0 Å². The lowest BCUT2D eigenvalue weighted by Crippen LogP contribution is -2.30. The number of carbonyl (C=O) groups is 3. The molecule has 0 amide bonds. The molecular weight excluding hydrogens is 769 g/mol. The second-order valence-corrected chi connectivity index (χ2v) is 18.5. The molecule has 0 aliphatic rings. The molecule has 1 unspecified atom stereocenters. The van der Waals surface area contributed by atoms with Crippen LogP contribution in [-0.4, -0.2) is 37.2 Å². The lowest BCUT2D eigenvalue weighted by Gasteiger charge is -2.18. The van der Waals surface area contributed by atoms with E-state index in [1.54, 1.807) is 0 Å². The van der Waals surface area contributed by atoms with Crippen LogP contribution in [0.1, 0.15) is 297 Å². The average molecular weight is 873 g/mol. The molecule has 0 N–H and O–H groups in total. The summed E-state index contributed by atoms with van der Waals surface area (Å²) in [5, 5.41) is 0. The van der Waals surface area contributed by atoms with Gasteiger partial charge in [0.2, 0.25) is 0 Å². The van der Waals surface area contributed by atoms with Gasteiger partial charge in [-0.2, -0.15) is 0 Å². The van der Waals surface area contributed by atoms with Crippen LogP contribution in [0.4, 0.5) is 0 Å². The standard InChI is InChI=1S/C56H104O6/c1-4-7-10-13-16-19-22-24-26-27-28-30-31-34-37-40-43-46-49-55(58)61-52-53(51-60-54(57)48-45-42-39-36-33-21-18-15-12-9-6-3)62-56(59)50-47-44-41-38-35-32-29-25-23-20-17-14-11-8-5-2/h15,18,21,33,53H,4-14,16-17,19-20,22-32,34-52H2,1-3H3/b18-15-,33-21-. The fourth-order valence-electron chi connectivity index (χ4n) is 8.07. The van der Waals surface area contributed by atoms with Crippen molar-refractivity contribution in [1.82, 2.24) is 0 Å². The van der Waals surface area contributed by atoms with E-state index in [-0.39, 0.29) is 31.1 Å². The van der Waals surface area contributed by atoms with Gasteiger partial charge in [-0.3, -0.25) is 14.4 Å². The number of hydrogen-bond donors (Lipinski definition) is 0. The first-order valence-corrected chi connectivity index (χ1v) is 27.4. The summed E-state index contributed by atoms with van der Waals surface area (Å²) in [4.78, 5) is 38.0. The Kier molecular flexibility index (Phi) is 49.8. The fraction of sp³-hybridized carbons (Fsp3) is 0.875. The zero-order valence-corrected chi connectivity index (χ0v) is 41.7. The van der Waals surface area contributed by atoms with Crippen LogP contribution in [0.2, 0.25) is 0 Å². The van der Waals surface area contributed by atoms with Crippen LogP contribution in [0.5, 0.6) is 0 Å². The van der Waals surface area contributed by atoms with Crippen molar-refractivity contribution in [2.24, 2.45) is 0 Å². The van der Waals surface area contributed by atoms with Crippen molar-refractivity contribution in [2.75, 3.05) is 13.2 Å². The van der Waals surface area contributed by atoms with Crippen LogP contribution < -0.4 is 0 Å². The highest BCUT2D eigenvalue weighted by Gasteiger charge is 2.19. The number of carbonyl (C=O) groups excluding carboxylic acids is 3. The fourth-order valence-corrected chi connectivity index (χ4v) is 8.07. The molecule has 0 saturated carbocycles. The molecule has 0 saturated heterocycles. The van der Waals surface area contributed by atoms with Crippen molar-refractivity contribution in [3.63, 3.8) is 0 Å². The SMILES string of the molecule is CCCC/C=C\C=C/CCCCCC(=O)OCC(COC(=O)CCCCCCCCCCCCCCCCCCCC)OC(=O)CCCCCCCCCCCCCCCCC. The summed E-state index contributed by atoms with van der Waals surface area (Å²) in [7, 11) is 0. The highest BCUT2D eigenvalue weighted by molar-refractivity contribution is 5.71. The topological polar surface area (TPSA) is 78.9 Å². The molecule has 62 heavy (non-hydrogen) atoms. The number of hydrogen-bond acceptors (Lipinski definition) is 6. The number of esters is 3. The van der Waals surface area contributed by atoms with Crippen molar-refractivity contribution < 1.29 is 28.6 Å². The van der Waals surface area contributed by atoms with E-state index < -0.39 is 6.10 Å². The highest BCUT2D eigenvalue weighted by atomic mass is 16.6. The number of allylic oxidation sites excluding steroid dienone is 4. The zero-order valence-electron chi connectivity index (χ0n) is 41.7. The number of unbranched alkanes of at least 4 members (excludes halogenated alkanes) is 36. The number of rotatable bonds is 50. The van der Waals surface area contributed by atoms with Crippen molar-refractivity contribution in [1.29, 1.82) is 0 Å². The smallest absolute Gasteiger partial charge is 0.306 e. The van der Waals surface area contributed by atoms with Crippen LogP contribution in [0, 0.1) is 0 Å². The van der Waals surface area contributed by atoms with Gasteiger partial charge in [0.05, 0.1) is 0 Å². The first kappa shape index (κ1) is 59.9. The molecule has 0 rings (SSSR count). The molecule has 364 valence electrons. The third-order valence-corrected chi connectivity index (χ3v) is 12.2. The molecule has 0 aliphatic carbocycles. The first-order chi connectivity index (χ1) is 30.5. The molecule has 0 spiro atoms. The van der Waals surface area contributed by atoms with E-state index in [4.69, 9.17) is 14.2 Å². The van der Waals surface area contributed by atoms with E-state index in [0.29, 0.717) is 19.3 Å². The maximum absolute atomic E-state index is 12.8. The van der Waals surface area contributed by atoms with Gasteiger partial charge in [0.15, 0.2) is 6.10 Å². The molecule has 0 bridgehead atoms. The molecule has 6 heteroatoms. The summed E-state index contributed by atoms with van der Waals surface area (Å²) < 4.78 is 16.8. The Bertz CT molecular complexity index is 1000. The van der Waals surface area contributed by atoms with Gasteiger partial charge in [0, 0.05) is 19.3 Å². The van der Waals surface area contributed by atoms with E-state index in [1.807, 2.05) is 0 Å². The van der Waals surface area contributed by atoms with E-state index in [0.717, 1.165) is 70.6 Å². The van der Waals surface area contributed by atoms with Crippen LogP contribution >= 0.6 is 0 Å². The Labute approximate surface area is 385 Å². The Morgan fingerprint density at radius 3 is 0.903 bits per heavy atom. The monoisotopic (exact) mass is 873 g/mol. The highest BCUT2D eigenvalue weighted by Crippen LogP contribution is 2.17. The molecule has 0 fully saturated rings. The largest absolute Gasteiger partial charge is 0.462 e. The quantitative estimate of drug-likeness (QED) is 0.0262. The Morgan fingerprint density at radius 1 is 0.323 bits per heavy atom. The Hall–Kier alpha value is -2.11. The normalized spacial score (nSPS) is 12.1. The van der Waals surface area contributed by atoms with Crippen molar-refractivity contribution in [3.8, 4) is 0 Å². The summed E-state index contributed by atoms with van der Waals surface area (Å²) >= 11 is 0. The molecule has 1 atom stereocenters. The van der Waals surface area contributed by atoms with E-state index >= 15 is 0 Å². The lowest BCUT2D eigenvalue weighted by atomic mass is 10.0. The summed E-state index contributed by atoms with van der Waals surface area (Å²) in [6, 6.07) is 0. The van der Waals surface area contributed by atoms with E-state index in [2.05, 4.69) is 45.1 Å². The molecule has 0 aromatic carbocycles. The minimum atomic E-state index is -0.775. The van der Waals surface area contributed by atoms with Gasteiger partial charge in [-0.1, -0.05) is 263 Å². The molecule has 0 aromatic rings. The van der Waals surface area contributed by atoms with E-state index in [1.165, 1.54) is 186 Å². The summed E-state index contributed by atoms with van der Waals surface area (Å²) in [6.45, 7) is 6.61. The predicted octanol–water partition coefficient (Wildman–Crippen LogP) is 17.9. The van der Waals surface area contributed by atoms with Gasteiger partial charge in [0.1, 0.15) is 13.2 Å². The van der Waals surface area contributed by atoms with Crippen molar-refractivity contribution in [2.45, 2.75) is 303 Å². The minimum Gasteiger partial charge on any atom is -0.462 e. The predicted molar refractivity (Wildman–Crippen MR) is 266 cm³/mol. The van der Waals surface area contributed by atoms with Crippen molar-refractivity contribution in [3.05, 3.63) is 24.3 Å². The van der Waals surface area contributed by atoms with Gasteiger partial charge < -0.3 is 14.2 Å². The molecule has 0 aliphatic heterocycles. The molecule has 0 radical (unpaired) electrons. The zero-order chi connectivity index (χ0) is 45.1. The maximum Gasteiger partial charge on any atom is 0.306 e. The summed E-state index contributed by atoms with van der Waals surface area (Å²) in [6.07, 6.45) is 58.8.